The summed E-state index contributed by atoms with van der Waals surface area (Å²) in [4.78, 5) is 59.2. The molecule has 1 saturated heterocycles. The number of ether oxygens (including phenoxy) is 1. The molecular weight excluding hydrogens is 350 g/mol. The monoisotopic (exact) mass is 361 g/mol. The Bertz CT molecular complexity index is 867. The van der Waals surface area contributed by atoms with Gasteiger partial charge in [-0.1, -0.05) is 6.07 Å². The number of hydrogen-bond donors (Lipinski definition) is 0. The van der Waals surface area contributed by atoms with E-state index in [0.29, 0.717) is 10.0 Å². The maximum absolute atomic E-state index is 12.7. The summed E-state index contributed by atoms with van der Waals surface area (Å²) in [5, 5.41) is 17.5. The highest BCUT2D eigenvalue weighted by molar-refractivity contribution is 6.46. The second kappa shape index (κ2) is 6.31. The first kappa shape index (κ1) is 17.1. The van der Waals surface area contributed by atoms with Crippen LogP contribution >= 0.6 is 0 Å². The predicted octanol–water partition coefficient (Wildman–Crippen LogP) is 0.369. The Morgan fingerprint density at radius 2 is 2.12 bits per heavy atom. The molecule has 0 spiro atoms. The van der Waals surface area contributed by atoms with Crippen molar-refractivity contribution in [3.63, 3.8) is 0 Å². The Morgan fingerprint density at radius 3 is 2.73 bits per heavy atom. The molecule has 2 amide bonds. The third-order valence-corrected chi connectivity index (χ3v) is 3.90. The van der Waals surface area contributed by atoms with Gasteiger partial charge in [0.25, 0.3) is 11.6 Å². The standard InChI is InChI=1S/C14H11N5O7/c1-2-26-14(22)10-9-11(18(15-10)16-23)13(21)17(12(9)20)7-4-3-5-8(6-7)19(24)25/h3-6,9,11H,2H2,1H3/t9-,11+/m1/s1. The minimum atomic E-state index is -1.43. The van der Waals surface area contributed by atoms with Crippen LogP contribution in [0.3, 0.4) is 0 Å². The van der Waals surface area contributed by atoms with Crippen LogP contribution < -0.4 is 4.90 Å². The normalized spacial score (nSPS) is 21.5. The maximum atomic E-state index is 12.7. The molecule has 3 rings (SSSR count). The second-order valence-corrected chi connectivity index (χ2v) is 5.32. The number of amides is 2. The minimum Gasteiger partial charge on any atom is -0.461 e. The molecule has 2 aliphatic heterocycles. The van der Waals surface area contributed by atoms with Gasteiger partial charge in [0.15, 0.2) is 11.8 Å². The zero-order valence-electron chi connectivity index (χ0n) is 13.3. The van der Waals surface area contributed by atoms with E-state index < -0.39 is 40.4 Å². The molecule has 1 fully saturated rings. The Labute approximate surface area is 145 Å². The molecule has 0 N–H and O–H groups in total. The van der Waals surface area contributed by atoms with E-state index in [1.165, 1.54) is 25.1 Å². The van der Waals surface area contributed by atoms with Crippen molar-refractivity contribution in [2.45, 2.75) is 13.0 Å². The lowest BCUT2D eigenvalue weighted by Gasteiger charge is -2.16. The van der Waals surface area contributed by atoms with Crippen molar-refractivity contribution in [2.24, 2.45) is 16.3 Å². The first-order valence-electron chi connectivity index (χ1n) is 7.41. The molecule has 0 aliphatic carbocycles. The van der Waals surface area contributed by atoms with Crippen LogP contribution in [0, 0.1) is 20.9 Å². The lowest BCUT2D eigenvalue weighted by Crippen LogP contribution is -2.36. The molecule has 12 heteroatoms. The van der Waals surface area contributed by atoms with Crippen LogP contribution in [-0.4, -0.2) is 46.2 Å². The molecule has 1 aromatic rings. The van der Waals surface area contributed by atoms with Crippen LogP contribution in [0.5, 0.6) is 0 Å². The van der Waals surface area contributed by atoms with E-state index in [0.717, 1.165) is 6.07 Å². The van der Waals surface area contributed by atoms with Gasteiger partial charge in [-0.25, -0.2) is 9.69 Å². The molecule has 0 unspecified atom stereocenters. The lowest BCUT2D eigenvalue weighted by molar-refractivity contribution is -0.384. The van der Waals surface area contributed by atoms with E-state index >= 15 is 0 Å². The molecule has 2 atom stereocenters. The predicted molar refractivity (Wildman–Crippen MR) is 84.6 cm³/mol. The Balaban J connectivity index is 2.02. The number of nitro benzene ring substituents is 1. The van der Waals surface area contributed by atoms with Crippen molar-refractivity contribution in [1.82, 2.24) is 5.12 Å². The third kappa shape index (κ3) is 2.47. The molecule has 12 nitrogen and oxygen atoms in total. The molecule has 0 saturated carbocycles. The number of nitroso groups, excluding NO2 is 1. The summed E-state index contributed by atoms with van der Waals surface area (Å²) >= 11 is 0. The first-order chi connectivity index (χ1) is 12.4. The highest BCUT2D eigenvalue weighted by atomic mass is 16.6. The van der Waals surface area contributed by atoms with E-state index in [-0.39, 0.29) is 18.0 Å². The fraction of sp³-hybridized carbons (Fsp3) is 0.286. The van der Waals surface area contributed by atoms with Crippen molar-refractivity contribution in [1.29, 1.82) is 0 Å². The SMILES string of the molecule is CCOC(=O)C1=NN(N=O)[C@@H]2C(=O)N(c3cccc([N+](=O)[O-])c3)C(=O)[C@H]12. The van der Waals surface area contributed by atoms with Crippen molar-refractivity contribution < 1.29 is 24.0 Å². The number of carbonyl (C=O) groups excluding carboxylic acids is 3. The Kier molecular flexibility index (Phi) is 4.16. The van der Waals surface area contributed by atoms with Gasteiger partial charge < -0.3 is 4.74 Å². The summed E-state index contributed by atoms with van der Waals surface area (Å²) in [5.41, 5.74) is -0.801. The number of imide groups is 1. The molecular formula is C14H11N5O7. The van der Waals surface area contributed by atoms with Gasteiger partial charge in [-0.05, 0) is 13.0 Å². The van der Waals surface area contributed by atoms with Crippen LogP contribution in [-0.2, 0) is 19.1 Å². The van der Waals surface area contributed by atoms with Gasteiger partial charge in [0, 0.05) is 12.1 Å². The van der Waals surface area contributed by atoms with Crippen molar-refractivity contribution in [3.05, 3.63) is 39.3 Å². The average molecular weight is 361 g/mol. The molecule has 2 heterocycles. The summed E-state index contributed by atoms with van der Waals surface area (Å²) < 4.78 is 4.79. The number of esters is 1. The maximum Gasteiger partial charge on any atom is 0.355 e. The van der Waals surface area contributed by atoms with E-state index in [9.17, 15) is 29.4 Å². The second-order valence-electron chi connectivity index (χ2n) is 5.32. The molecule has 0 aromatic heterocycles. The molecule has 26 heavy (non-hydrogen) atoms. The van der Waals surface area contributed by atoms with Gasteiger partial charge in [-0.2, -0.15) is 0 Å². The number of carbonyl (C=O) groups is 3. The van der Waals surface area contributed by atoms with Crippen LogP contribution in [0.2, 0.25) is 0 Å². The third-order valence-electron chi connectivity index (χ3n) is 3.90. The molecule has 0 radical (unpaired) electrons. The highest BCUT2D eigenvalue weighted by Crippen LogP contribution is 2.36. The number of rotatable bonds is 5. The number of anilines is 1. The number of nitrogens with zero attached hydrogens (tertiary/aromatic N) is 5. The molecule has 1 aromatic carbocycles. The molecule has 134 valence electrons. The van der Waals surface area contributed by atoms with Gasteiger partial charge in [0.1, 0.15) is 5.92 Å². The number of benzene rings is 1. The summed E-state index contributed by atoms with van der Waals surface area (Å²) in [6.45, 7) is 1.54. The zero-order valence-corrected chi connectivity index (χ0v) is 13.3. The van der Waals surface area contributed by atoms with Crippen LogP contribution in [0.15, 0.2) is 34.7 Å². The number of hydrogen-bond acceptors (Lipinski definition) is 9. The van der Waals surface area contributed by atoms with Gasteiger partial charge >= 0.3 is 5.97 Å². The molecule has 2 aliphatic rings. The van der Waals surface area contributed by atoms with Crippen molar-refractivity contribution >= 4 is 34.9 Å². The zero-order chi connectivity index (χ0) is 19.0. The van der Waals surface area contributed by atoms with Crippen molar-refractivity contribution in [3.8, 4) is 0 Å². The fourth-order valence-electron chi connectivity index (χ4n) is 2.83. The number of non-ortho nitro benzene ring substituents is 1. The van der Waals surface area contributed by atoms with Gasteiger partial charge in [-0.3, -0.25) is 19.7 Å². The van der Waals surface area contributed by atoms with Crippen LogP contribution in [0.1, 0.15) is 6.92 Å². The summed E-state index contributed by atoms with van der Waals surface area (Å²) in [7, 11) is 0. The number of fused-ring (bicyclic) bond motifs is 1. The Hall–Kier alpha value is -3.70. The van der Waals surface area contributed by atoms with Gasteiger partial charge in [0.05, 0.1) is 22.5 Å². The lowest BCUT2D eigenvalue weighted by atomic mass is 9.98. The number of nitro groups is 1. The Morgan fingerprint density at radius 1 is 1.38 bits per heavy atom. The average Bonchev–Trinajstić information content (AvgIpc) is 3.12. The largest absolute Gasteiger partial charge is 0.461 e. The quantitative estimate of drug-likeness (QED) is 0.240. The minimum absolute atomic E-state index is 0.000485. The van der Waals surface area contributed by atoms with E-state index in [1.807, 2.05) is 0 Å². The van der Waals surface area contributed by atoms with Crippen LogP contribution in [0.4, 0.5) is 11.4 Å². The fourth-order valence-corrected chi connectivity index (χ4v) is 2.83. The highest BCUT2D eigenvalue weighted by Gasteiger charge is 2.59. The van der Waals surface area contributed by atoms with E-state index in [4.69, 9.17) is 4.74 Å². The van der Waals surface area contributed by atoms with Gasteiger partial charge in [0.2, 0.25) is 5.91 Å². The summed E-state index contributed by atoms with van der Waals surface area (Å²) in [5.74, 6) is -4.05. The smallest absolute Gasteiger partial charge is 0.355 e. The van der Waals surface area contributed by atoms with Crippen LogP contribution in [0.25, 0.3) is 0 Å². The molecule has 0 bridgehead atoms. The summed E-state index contributed by atoms with van der Waals surface area (Å²) in [6.07, 6.45) is 0. The summed E-state index contributed by atoms with van der Waals surface area (Å²) in [6, 6.07) is 3.43. The van der Waals surface area contributed by atoms with E-state index in [1.54, 1.807) is 0 Å². The van der Waals surface area contributed by atoms with E-state index in [2.05, 4.69) is 10.4 Å². The van der Waals surface area contributed by atoms with Crippen molar-refractivity contribution in [2.75, 3.05) is 11.5 Å². The van der Waals surface area contributed by atoms with Gasteiger partial charge in [-0.15, -0.1) is 15.1 Å². The first-order valence-corrected chi connectivity index (χ1v) is 7.41. The number of hydrazone groups is 1. The topological polar surface area (TPSA) is 152 Å².